The second-order valence-electron chi connectivity index (χ2n) is 10.3. The zero-order chi connectivity index (χ0) is 27.6. The van der Waals surface area contributed by atoms with Gasteiger partial charge in [-0.25, -0.2) is 10.9 Å². The highest BCUT2D eigenvalue weighted by atomic mass is 32.1. The van der Waals surface area contributed by atoms with Crippen LogP contribution in [0.1, 0.15) is 23.1 Å². The van der Waals surface area contributed by atoms with Crippen molar-refractivity contribution in [2.24, 2.45) is 0 Å². The Morgan fingerprint density at radius 2 is 1.88 bits per heavy atom. The summed E-state index contributed by atoms with van der Waals surface area (Å²) in [5, 5.41) is 11.4. The molecule has 4 heterocycles. The van der Waals surface area contributed by atoms with Crippen molar-refractivity contribution in [3.05, 3.63) is 64.5 Å². The van der Waals surface area contributed by atoms with Crippen molar-refractivity contribution in [3.8, 4) is 0 Å². The van der Waals surface area contributed by atoms with E-state index in [9.17, 15) is 19.2 Å². The van der Waals surface area contributed by atoms with Crippen LogP contribution in [-0.4, -0.2) is 61.4 Å². The minimum Gasteiger partial charge on any atom is -0.353 e. The van der Waals surface area contributed by atoms with Gasteiger partial charge in [0.05, 0.1) is 24.7 Å². The molecule has 0 saturated carbocycles. The number of amides is 4. The third kappa shape index (κ3) is 5.30. The number of carbonyl (C=O) groups excluding carboxylic acids is 4. The van der Waals surface area contributed by atoms with E-state index in [1.54, 1.807) is 16.2 Å². The van der Waals surface area contributed by atoms with Gasteiger partial charge >= 0.3 is 0 Å². The van der Waals surface area contributed by atoms with Crippen molar-refractivity contribution in [1.82, 2.24) is 32.3 Å². The van der Waals surface area contributed by atoms with Crippen LogP contribution in [0.2, 0.25) is 0 Å². The fraction of sp³-hybridized carbons (Fsp3) is 0.357. The predicted molar refractivity (Wildman–Crippen MR) is 151 cm³/mol. The monoisotopic (exact) mass is 561 g/mol. The van der Waals surface area contributed by atoms with Gasteiger partial charge in [0.25, 0.3) is 0 Å². The van der Waals surface area contributed by atoms with Crippen molar-refractivity contribution in [2.75, 3.05) is 24.5 Å². The molecule has 2 aromatic carbocycles. The van der Waals surface area contributed by atoms with E-state index in [0.29, 0.717) is 32.4 Å². The van der Waals surface area contributed by atoms with Crippen LogP contribution < -0.4 is 37.2 Å². The highest BCUT2D eigenvalue weighted by Gasteiger charge is 2.44. The molecular weight excluding hydrogens is 530 g/mol. The summed E-state index contributed by atoms with van der Waals surface area (Å²) in [6.45, 7) is 0.831. The van der Waals surface area contributed by atoms with Gasteiger partial charge in [-0.05, 0) is 46.4 Å². The van der Waals surface area contributed by atoms with E-state index in [4.69, 9.17) is 0 Å². The van der Waals surface area contributed by atoms with Gasteiger partial charge in [-0.3, -0.25) is 24.1 Å². The first-order valence-electron chi connectivity index (χ1n) is 13.4. The van der Waals surface area contributed by atoms with E-state index in [1.807, 2.05) is 47.8 Å². The standard InChI is InChI=1S/C28H31N7O4S/c36-24(11-18-15-40-23-7-2-1-6-20(18)23)29-14-25(37)32-21-9-8-16-4-3-5-17-10-22(35(26(16)17)28(21)39)27(38)30-12-19-13-31-34-33-19/h1-7,15,19,21-22,31,33-34H,8-14H2,(H,29,36)(H,30,38)(H,32,37)/t19?,21-,22-/m0/s1. The minimum atomic E-state index is -0.802. The Labute approximate surface area is 235 Å². The summed E-state index contributed by atoms with van der Waals surface area (Å²) in [7, 11) is 0. The molecule has 3 aliphatic heterocycles. The first-order chi connectivity index (χ1) is 19.5. The lowest BCUT2D eigenvalue weighted by molar-refractivity contribution is -0.130. The first-order valence-corrected chi connectivity index (χ1v) is 14.3. The number of hydrogen-bond acceptors (Lipinski definition) is 8. The third-order valence-corrected chi connectivity index (χ3v) is 8.65. The largest absolute Gasteiger partial charge is 0.353 e. The van der Waals surface area contributed by atoms with Gasteiger partial charge in [0, 0.05) is 24.2 Å². The topological polar surface area (TPSA) is 144 Å². The van der Waals surface area contributed by atoms with Crippen LogP contribution in [-0.2, 0) is 38.4 Å². The Balaban J connectivity index is 1.09. The molecule has 0 spiro atoms. The molecule has 1 saturated heterocycles. The van der Waals surface area contributed by atoms with Gasteiger partial charge in [0.2, 0.25) is 23.6 Å². The normalized spacial score (nSPS) is 21.6. The molecule has 208 valence electrons. The number of rotatable bonds is 8. The van der Waals surface area contributed by atoms with E-state index < -0.39 is 18.0 Å². The molecule has 6 rings (SSSR count). The number of nitrogens with zero attached hydrogens (tertiary/aromatic N) is 1. The third-order valence-electron chi connectivity index (χ3n) is 7.64. The Hall–Kier alpha value is -3.84. The molecular formula is C28H31N7O4S. The van der Waals surface area contributed by atoms with Gasteiger partial charge in [-0.15, -0.1) is 11.3 Å². The van der Waals surface area contributed by atoms with Gasteiger partial charge in [0.15, 0.2) is 0 Å². The van der Waals surface area contributed by atoms with Gasteiger partial charge in [-0.1, -0.05) is 36.4 Å². The molecule has 0 bridgehead atoms. The van der Waals surface area contributed by atoms with Crippen molar-refractivity contribution in [2.45, 2.75) is 43.8 Å². The van der Waals surface area contributed by atoms with Crippen LogP contribution in [0, 0.1) is 0 Å². The number of hydrazine groups is 2. The molecule has 3 aromatic rings. The molecule has 1 unspecified atom stereocenters. The number of thiophene rings is 1. The molecule has 0 aliphatic carbocycles. The summed E-state index contributed by atoms with van der Waals surface area (Å²) in [5.74, 6) is -1.25. The summed E-state index contributed by atoms with van der Waals surface area (Å²) < 4.78 is 1.11. The fourth-order valence-corrected chi connectivity index (χ4v) is 6.61. The Morgan fingerprint density at radius 1 is 1.02 bits per heavy atom. The van der Waals surface area contributed by atoms with Gasteiger partial charge in [-0.2, -0.15) is 5.53 Å². The molecule has 3 aliphatic rings. The van der Waals surface area contributed by atoms with Crippen molar-refractivity contribution >= 4 is 50.7 Å². The number of benzene rings is 2. The Morgan fingerprint density at radius 3 is 2.73 bits per heavy atom. The molecule has 6 N–H and O–H groups in total. The molecule has 40 heavy (non-hydrogen) atoms. The van der Waals surface area contributed by atoms with E-state index in [2.05, 4.69) is 32.3 Å². The molecule has 12 heteroatoms. The number of aryl methyl sites for hydroxylation is 1. The highest BCUT2D eigenvalue weighted by Crippen LogP contribution is 2.39. The molecule has 1 fully saturated rings. The number of fused-ring (bicyclic) bond motifs is 1. The average molecular weight is 562 g/mol. The molecule has 3 atom stereocenters. The zero-order valence-corrected chi connectivity index (χ0v) is 22.6. The maximum absolute atomic E-state index is 13.8. The number of nitrogens with one attached hydrogen (secondary N) is 6. The summed E-state index contributed by atoms with van der Waals surface area (Å²) >= 11 is 1.58. The highest BCUT2D eigenvalue weighted by molar-refractivity contribution is 7.17. The molecule has 1 aromatic heterocycles. The van der Waals surface area contributed by atoms with Crippen molar-refractivity contribution < 1.29 is 19.2 Å². The summed E-state index contributed by atoms with van der Waals surface area (Å²) in [4.78, 5) is 54.0. The summed E-state index contributed by atoms with van der Waals surface area (Å²) in [5.41, 5.74) is 12.4. The second-order valence-corrected chi connectivity index (χ2v) is 11.2. The number of para-hydroxylation sites is 1. The second kappa shape index (κ2) is 11.3. The molecule has 0 radical (unpaired) electrons. The van der Waals surface area contributed by atoms with Gasteiger partial charge in [0.1, 0.15) is 12.1 Å². The van der Waals surface area contributed by atoms with Crippen LogP contribution in [0.5, 0.6) is 0 Å². The fourth-order valence-electron chi connectivity index (χ4n) is 5.65. The quantitative estimate of drug-likeness (QED) is 0.228. The van der Waals surface area contributed by atoms with E-state index >= 15 is 0 Å². The van der Waals surface area contributed by atoms with Gasteiger partial charge < -0.3 is 16.0 Å². The van der Waals surface area contributed by atoms with Crippen LogP contribution in [0.15, 0.2) is 47.8 Å². The van der Waals surface area contributed by atoms with Crippen LogP contribution in [0.25, 0.3) is 10.1 Å². The molecule has 11 nitrogen and oxygen atoms in total. The van der Waals surface area contributed by atoms with E-state index in [1.165, 1.54) is 0 Å². The Bertz CT molecular complexity index is 1470. The van der Waals surface area contributed by atoms with Crippen LogP contribution in [0.3, 0.4) is 0 Å². The number of anilines is 1. The lowest BCUT2D eigenvalue weighted by Gasteiger charge is -2.28. The van der Waals surface area contributed by atoms with E-state index in [-0.39, 0.29) is 36.7 Å². The van der Waals surface area contributed by atoms with E-state index in [0.717, 1.165) is 32.5 Å². The summed E-state index contributed by atoms with van der Waals surface area (Å²) in [6.07, 6.45) is 1.59. The van der Waals surface area contributed by atoms with Crippen molar-refractivity contribution in [1.29, 1.82) is 0 Å². The first kappa shape index (κ1) is 26.4. The summed E-state index contributed by atoms with van der Waals surface area (Å²) in [6, 6.07) is 12.3. The number of carbonyl (C=O) groups is 4. The smallest absolute Gasteiger partial charge is 0.250 e. The van der Waals surface area contributed by atoms with Crippen LogP contribution in [0.4, 0.5) is 5.69 Å². The van der Waals surface area contributed by atoms with Crippen LogP contribution >= 0.6 is 11.3 Å². The van der Waals surface area contributed by atoms with Crippen molar-refractivity contribution in [3.63, 3.8) is 0 Å². The number of hydrogen-bond donors (Lipinski definition) is 6. The average Bonchev–Trinajstić information content (AvgIpc) is 3.70. The molecule has 4 amide bonds. The lowest BCUT2D eigenvalue weighted by atomic mass is 10.0. The maximum Gasteiger partial charge on any atom is 0.250 e. The minimum absolute atomic E-state index is 0.0313. The predicted octanol–water partition coefficient (Wildman–Crippen LogP) is 0.0461. The SMILES string of the molecule is O=C(Cc1csc2ccccc12)NCC(=O)N[C@H]1CCc2cccc3c2N(C1=O)[C@H](C(=O)NCC1CNNN1)C3. The lowest BCUT2D eigenvalue weighted by Crippen LogP contribution is -2.56. The maximum atomic E-state index is 13.8. The Kier molecular flexibility index (Phi) is 7.48. The zero-order valence-electron chi connectivity index (χ0n) is 21.8.